The average molecular weight is 480 g/mol. The van der Waals surface area contributed by atoms with Crippen molar-refractivity contribution in [2.75, 3.05) is 19.6 Å². The fraction of sp³-hybridized carbons (Fsp3) is 0.464. The molecule has 0 spiro atoms. The van der Waals surface area contributed by atoms with Crippen molar-refractivity contribution in [3.8, 4) is 6.07 Å². The minimum atomic E-state index is -0.975. The lowest BCUT2D eigenvalue weighted by molar-refractivity contribution is 0.0832. The van der Waals surface area contributed by atoms with Gasteiger partial charge >= 0.3 is 0 Å². The van der Waals surface area contributed by atoms with E-state index in [2.05, 4.69) is 16.3 Å². The normalized spacial score (nSPS) is 21.3. The number of piperidine rings is 1. The van der Waals surface area contributed by atoms with E-state index >= 15 is 0 Å². The van der Waals surface area contributed by atoms with Gasteiger partial charge in [0.25, 0.3) is 5.91 Å². The van der Waals surface area contributed by atoms with Crippen LogP contribution in [0.4, 0.5) is 8.78 Å². The summed E-state index contributed by atoms with van der Waals surface area (Å²) in [6.45, 7) is 2.69. The summed E-state index contributed by atoms with van der Waals surface area (Å²) in [6, 6.07) is 12.3. The summed E-state index contributed by atoms with van der Waals surface area (Å²) in [6.07, 6.45) is 6.71. The summed E-state index contributed by atoms with van der Waals surface area (Å²) in [4.78, 5) is 27.5. The second-order valence-electron chi connectivity index (χ2n) is 9.78. The molecule has 1 saturated heterocycles. The van der Waals surface area contributed by atoms with E-state index in [1.54, 1.807) is 24.3 Å². The summed E-state index contributed by atoms with van der Waals surface area (Å²) >= 11 is 0. The van der Waals surface area contributed by atoms with Crippen molar-refractivity contribution < 1.29 is 18.4 Å². The summed E-state index contributed by atoms with van der Waals surface area (Å²) < 4.78 is 26.6. The molecule has 184 valence electrons. The van der Waals surface area contributed by atoms with Crippen LogP contribution in [0.15, 0.2) is 42.5 Å². The maximum atomic E-state index is 13.5. The van der Waals surface area contributed by atoms with Crippen molar-refractivity contribution in [1.82, 2.24) is 10.2 Å². The average Bonchev–Trinajstić information content (AvgIpc) is 2.90. The van der Waals surface area contributed by atoms with Crippen LogP contribution in [-0.4, -0.2) is 42.3 Å². The number of ketones is 1. The molecule has 0 aromatic heterocycles. The zero-order valence-electron chi connectivity index (χ0n) is 19.8. The molecule has 7 heteroatoms. The van der Waals surface area contributed by atoms with Crippen LogP contribution >= 0.6 is 0 Å². The lowest BCUT2D eigenvalue weighted by Crippen LogP contribution is -2.39. The molecular formula is C28H31F2N3O2. The highest BCUT2D eigenvalue weighted by molar-refractivity contribution is 5.98. The first kappa shape index (κ1) is 25.0. The zero-order chi connectivity index (χ0) is 24.8. The molecule has 0 unspecified atom stereocenters. The van der Waals surface area contributed by atoms with Crippen molar-refractivity contribution in [1.29, 1.82) is 5.26 Å². The lowest BCUT2D eigenvalue weighted by atomic mass is 9.83. The molecule has 35 heavy (non-hydrogen) atoms. The minimum Gasteiger partial charge on any atom is -0.349 e. The van der Waals surface area contributed by atoms with Crippen LogP contribution in [0.25, 0.3) is 0 Å². The third-order valence-corrected chi connectivity index (χ3v) is 7.47. The Morgan fingerprint density at radius 2 is 1.57 bits per heavy atom. The monoisotopic (exact) mass is 479 g/mol. The molecule has 2 fully saturated rings. The minimum absolute atomic E-state index is 0.0845. The number of nitriles is 1. The Bertz CT molecular complexity index is 1080. The maximum Gasteiger partial charge on any atom is 0.251 e. The second kappa shape index (κ2) is 11.5. The van der Waals surface area contributed by atoms with Gasteiger partial charge in [-0.2, -0.15) is 5.26 Å². The van der Waals surface area contributed by atoms with E-state index in [1.807, 2.05) is 0 Å². The lowest BCUT2D eigenvalue weighted by Gasteiger charge is -2.34. The maximum absolute atomic E-state index is 13.5. The molecule has 0 atom stereocenters. The SMILES string of the molecule is N#Cc1ccc(C(=O)NC2CCC(CCN3CCC(C(=O)c4ccc(F)c(F)c4)CC3)CC2)cc1. The Balaban J connectivity index is 1.15. The molecule has 1 heterocycles. The van der Waals surface area contributed by atoms with Crippen molar-refractivity contribution in [3.63, 3.8) is 0 Å². The van der Waals surface area contributed by atoms with E-state index in [9.17, 15) is 18.4 Å². The van der Waals surface area contributed by atoms with Gasteiger partial charge in [0.2, 0.25) is 0 Å². The number of hydrogen-bond donors (Lipinski definition) is 1. The number of benzene rings is 2. The number of amides is 1. The van der Waals surface area contributed by atoms with E-state index < -0.39 is 11.6 Å². The van der Waals surface area contributed by atoms with Gasteiger partial charge in [-0.15, -0.1) is 0 Å². The number of likely N-dealkylation sites (tertiary alicyclic amines) is 1. The molecule has 2 aliphatic rings. The Morgan fingerprint density at radius 3 is 2.20 bits per heavy atom. The van der Waals surface area contributed by atoms with Gasteiger partial charge < -0.3 is 10.2 Å². The van der Waals surface area contributed by atoms with Crippen LogP contribution in [0.3, 0.4) is 0 Å². The Labute approximate surface area is 205 Å². The van der Waals surface area contributed by atoms with Gasteiger partial charge in [-0.1, -0.05) is 0 Å². The van der Waals surface area contributed by atoms with Gasteiger partial charge in [-0.25, -0.2) is 8.78 Å². The van der Waals surface area contributed by atoms with E-state index in [-0.39, 0.29) is 29.2 Å². The van der Waals surface area contributed by atoms with E-state index in [1.165, 1.54) is 6.07 Å². The molecule has 0 bridgehead atoms. The Morgan fingerprint density at radius 1 is 0.914 bits per heavy atom. The predicted octanol–water partition coefficient (Wildman–Crippen LogP) is 5.11. The van der Waals surface area contributed by atoms with Crippen LogP contribution in [0, 0.1) is 34.8 Å². The number of carbonyl (C=O) groups is 2. The molecule has 1 aliphatic heterocycles. The zero-order valence-corrected chi connectivity index (χ0v) is 19.8. The first-order chi connectivity index (χ1) is 16.9. The predicted molar refractivity (Wildman–Crippen MR) is 129 cm³/mol. The summed E-state index contributed by atoms with van der Waals surface area (Å²) in [5.74, 6) is -1.58. The molecule has 1 saturated carbocycles. The summed E-state index contributed by atoms with van der Waals surface area (Å²) in [7, 11) is 0. The molecule has 1 aliphatic carbocycles. The van der Waals surface area contributed by atoms with Gasteiger partial charge in [-0.3, -0.25) is 9.59 Å². The van der Waals surface area contributed by atoms with Crippen LogP contribution in [0.5, 0.6) is 0 Å². The largest absolute Gasteiger partial charge is 0.349 e. The van der Waals surface area contributed by atoms with E-state index in [4.69, 9.17) is 5.26 Å². The molecular weight excluding hydrogens is 448 g/mol. The number of rotatable bonds is 7. The number of carbonyl (C=O) groups excluding carboxylic acids is 2. The van der Waals surface area contributed by atoms with Gasteiger partial charge in [0.1, 0.15) is 0 Å². The number of hydrogen-bond acceptors (Lipinski definition) is 4. The van der Waals surface area contributed by atoms with Crippen molar-refractivity contribution in [2.24, 2.45) is 11.8 Å². The van der Waals surface area contributed by atoms with Crippen LogP contribution in [-0.2, 0) is 0 Å². The number of halogens is 2. The van der Waals surface area contributed by atoms with Crippen molar-refractivity contribution in [2.45, 2.75) is 51.0 Å². The van der Waals surface area contributed by atoms with Crippen molar-refractivity contribution >= 4 is 11.7 Å². The van der Waals surface area contributed by atoms with Gasteiger partial charge in [0, 0.05) is 23.1 Å². The molecule has 2 aromatic carbocycles. The molecule has 5 nitrogen and oxygen atoms in total. The van der Waals surface area contributed by atoms with Crippen LogP contribution in [0.1, 0.15) is 71.2 Å². The Kier molecular flexibility index (Phi) is 8.25. The van der Waals surface area contributed by atoms with Gasteiger partial charge in [0.15, 0.2) is 17.4 Å². The number of Topliss-reactive ketones (excluding diaryl/α,β-unsaturated/α-hetero) is 1. The van der Waals surface area contributed by atoms with Crippen LogP contribution < -0.4 is 5.32 Å². The first-order valence-electron chi connectivity index (χ1n) is 12.5. The molecule has 2 aromatic rings. The first-order valence-corrected chi connectivity index (χ1v) is 12.5. The molecule has 1 amide bonds. The molecule has 1 N–H and O–H groups in total. The van der Waals surface area contributed by atoms with E-state index in [0.717, 1.165) is 76.7 Å². The number of nitrogens with one attached hydrogen (secondary N) is 1. The van der Waals surface area contributed by atoms with E-state index in [0.29, 0.717) is 17.0 Å². The smallest absolute Gasteiger partial charge is 0.251 e. The summed E-state index contributed by atoms with van der Waals surface area (Å²) in [5.41, 5.74) is 1.38. The van der Waals surface area contributed by atoms with Gasteiger partial charge in [-0.05, 0) is 113 Å². The topological polar surface area (TPSA) is 73.2 Å². The fourth-order valence-corrected chi connectivity index (χ4v) is 5.23. The fourth-order valence-electron chi connectivity index (χ4n) is 5.23. The third kappa shape index (κ3) is 6.52. The second-order valence-corrected chi connectivity index (χ2v) is 9.78. The van der Waals surface area contributed by atoms with Crippen LogP contribution in [0.2, 0.25) is 0 Å². The number of nitrogens with zero attached hydrogens (tertiary/aromatic N) is 2. The van der Waals surface area contributed by atoms with Crippen molar-refractivity contribution in [3.05, 3.63) is 70.8 Å². The molecule has 4 rings (SSSR count). The summed E-state index contributed by atoms with van der Waals surface area (Å²) in [5, 5.41) is 12.0. The quantitative estimate of drug-likeness (QED) is 0.560. The van der Waals surface area contributed by atoms with Gasteiger partial charge in [0.05, 0.1) is 11.6 Å². The highest BCUT2D eigenvalue weighted by Gasteiger charge is 2.28. The highest BCUT2D eigenvalue weighted by atomic mass is 19.2. The third-order valence-electron chi connectivity index (χ3n) is 7.47. The molecule has 0 radical (unpaired) electrons. The highest BCUT2D eigenvalue weighted by Crippen LogP contribution is 2.29. The Hall–Kier alpha value is -3.11. The standard InChI is InChI=1S/C28H31F2N3O2/c29-25-10-7-23(17-26(25)30)27(34)21-12-15-33(16-13-21)14-11-19-3-8-24(9-4-19)32-28(35)22-5-1-20(18-31)2-6-22/h1-2,5-7,10,17,19,21,24H,3-4,8-9,11-16H2,(H,32,35).